The lowest BCUT2D eigenvalue weighted by Gasteiger charge is -2.09. The molecular formula is C16H14ClN3OS2. The summed E-state index contributed by atoms with van der Waals surface area (Å²) in [6.07, 6.45) is 3.49. The van der Waals surface area contributed by atoms with Crippen molar-refractivity contribution < 1.29 is 4.79 Å². The van der Waals surface area contributed by atoms with E-state index in [2.05, 4.69) is 15.3 Å². The zero-order chi connectivity index (χ0) is 15.2. The minimum absolute atomic E-state index is 0. The van der Waals surface area contributed by atoms with Crippen LogP contribution in [0.1, 0.15) is 16.1 Å². The van der Waals surface area contributed by atoms with Crippen LogP contribution in [0.3, 0.4) is 0 Å². The average molecular weight is 364 g/mol. The van der Waals surface area contributed by atoms with E-state index >= 15 is 0 Å². The van der Waals surface area contributed by atoms with Gasteiger partial charge in [-0.2, -0.15) is 11.3 Å². The van der Waals surface area contributed by atoms with Gasteiger partial charge in [0.25, 0.3) is 5.91 Å². The molecular weight excluding hydrogens is 350 g/mol. The van der Waals surface area contributed by atoms with Gasteiger partial charge in [0.15, 0.2) is 0 Å². The van der Waals surface area contributed by atoms with Crippen LogP contribution in [0.5, 0.6) is 0 Å². The van der Waals surface area contributed by atoms with Crippen LogP contribution in [0.15, 0.2) is 64.6 Å². The fourth-order valence-electron chi connectivity index (χ4n) is 1.81. The Morgan fingerprint density at radius 2 is 2.00 bits per heavy atom. The standard InChI is InChI=1S/C16H13N3OS2.ClH/c20-15(12-6-9-21-10-12)19-14-5-3-8-18-16(14)22-11-13-4-1-2-7-17-13;/h1-10H,11H2,(H,19,20);1H. The summed E-state index contributed by atoms with van der Waals surface area (Å²) in [5.41, 5.74) is 2.36. The van der Waals surface area contributed by atoms with Crippen molar-refractivity contribution in [2.75, 3.05) is 5.32 Å². The van der Waals surface area contributed by atoms with Crippen molar-refractivity contribution in [2.24, 2.45) is 0 Å². The summed E-state index contributed by atoms with van der Waals surface area (Å²) in [4.78, 5) is 20.8. The molecule has 4 nitrogen and oxygen atoms in total. The number of rotatable bonds is 5. The molecule has 3 aromatic rings. The Balaban J connectivity index is 0.00000192. The molecule has 0 fully saturated rings. The lowest BCUT2D eigenvalue weighted by molar-refractivity contribution is 0.102. The highest BCUT2D eigenvalue weighted by molar-refractivity contribution is 7.98. The third kappa shape index (κ3) is 4.79. The zero-order valence-corrected chi connectivity index (χ0v) is 14.5. The Labute approximate surface area is 148 Å². The van der Waals surface area contributed by atoms with Gasteiger partial charge in [-0.3, -0.25) is 9.78 Å². The number of anilines is 1. The smallest absolute Gasteiger partial charge is 0.256 e. The summed E-state index contributed by atoms with van der Waals surface area (Å²) in [7, 11) is 0. The van der Waals surface area contributed by atoms with Crippen molar-refractivity contribution >= 4 is 47.1 Å². The van der Waals surface area contributed by atoms with Crippen LogP contribution < -0.4 is 5.32 Å². The van der Waals surface area contributed by atoms with E-state index in [4.69, 9.17) is 0 Å². The lowest BCUT2D eigenvalue weighted by atomic mass is 10.3. The fraction of sp³-hybridized carbons (Fsp3) is 0.0625. The van der Waals surface area contributed by atoms with Crippen molar-refractivity contribution in [2.45, 2.75) is 10.8 Å². The van der Waals surface area contributed by atoms with Crippen LogP contribution in [-0.2, 0) is 5.75 Å². The average Bonchev–Trinajstić information content (AvgIpc) is 3.10. The molecule has 0 aliphatic carbocycles. The predicted molar refractivity (Wildman–Crippen MR) is 97.6 cm³/mol. The summed E-state index contributed by atoms with van der Waals surface area (Å²) in [5, 5.41) is 7.41. The predicted octanol–water partition coefficient (Wildman–Crippen LogP) is 4.50. The molecule has 0 aliphatic rings. The van der Waals surface area contributed by atoms with Gasteiger partial charge in [0, 0.05) is 23.5 Å². The van der Waals surface area contributed by atoms with E-state index in [1.165, 1.54) is 11.3 Å². The molecule has 23 heavy (non-hydrogen) atoms. The van der Waals surface area contributed by atoms with E-state index in [0.29, 0.717) is 11.3 Å². The summed E-state index contributed by atoms with van der Waals surface area (Å²) in [6, 6.07) is 11.3. The summed E-state index contributed by atoms with van der Waals surface area (Å²) < 4.78 is 0. The number of nitrogens with zero attached hydrogens (tertiary/aromatic N) is 2. The van der Waals surface area contributed by atoms with Crippen LogP contribution in [0.2, 0.25) is 0 Å². The van der Waals surface area contributed by atoms with Crippen LogP contribution in [0.4, 0.5) is 5.69 Å². The van der Waals surface area contributed by atoms with Crippen molar-refractivity contribution in [1.29, 1.82) is 0 Å². The van der Waals surface area contributed by atoms with Gasteiger partial charge >= 0.3 is 0 Å². The third-order valence-corrected chi connectivity index (χ3v) is 4.61. The minimum atomic E-state index is -0.117. The number of pyridine rings is 2. The Morgan fingerprint density at radius 1 is 1.13 bits per heavy atom. The number of amides is 1. The summed E-state index contributed by atoms with van der Waals surface area (Å²) >= 11 is 3.05. The molecule has 0 aromatic carbocycles. The second-order valence-electron chi connectivity index (χ2n) is 4.43. The van der Waals surface area contributed by atoms with E-state index in [9.17, 15) is 4.79 Å². The maximum Gasteiger partial charge on any atom is 0.256 e. The van der Waals surface area contributed by atoms with Crippen LogP contribution in [0.25, 0.3) is 0 Å². The number of halogens is 1. The normalized spacial score (nSPS) is 9.91. The first-order valence-corrected chi connectivity index (χ1v) is 8.57. The van der Waals surface area contributed by atoms with E-state index < -0.39 is 0 Å². The van der Waals surface area contributed by atoms with Crippen molar-refractivity contribution in [1.82, 2.24) is 9.97 Å². The molecule has 7 heteroatoms. The molecule has 118 valence electrons. The molecule has 0 spiro atoms. The van der Waals surface area contributed by atoms with Gasteiger partial charge in [-0.1, -0.05) is 17.8 Å². The zero-order valence-electron chi connectivity index (χ0n) is 12.0. The number of thiophene rings is 1. The Bertz CT molecular complexity index is 751. The monoisotopic (exact) mass is 363 g/mol. The number of carbonyl (C=O) groups excluding carboxylic acids is 1. The van der Waals surface area contributed by atoms with Gasteiger partial charge in [0.2, 0.25) is 0 Å². The first-order valence-electron chi connectivity index (χ1n) is 6.64. The van der Waals surface area contributed by atoms with Gasteiger partial charge in [-0.25, -0.2) is 4.98 Å². The van der Waals surface area contributed by atoms with E-state index in [-0.39, 0.29) is 18.3 Å². The van der Waals surface area contributed by atoms with Gasteiger partial charge in [-0.05, 0) is 35.7 Å². The molecule has 1 N–H and O–H groups in total. The van der Waals surface area contributed by atoms with Crippen molar-refractivity contribution in [3.8, 4) is 0 Å². The van der Waals surface area contributed by atoms with E-state index in [0.717, 1.165) is 16.4 Å². The first kappa shape index (κ1) is 17.5. The molecule has 0 atom stereocenters. The van der Waals surface area contributed by atoms with Crippen molar-refractivity contribution in [3.05, 3.63) is 70.8 Å². The molecule has 3 aromatic heterocycles. The number of aromatic nitrogens is 2. The largest absolute Gasteiger partial charge is 0.320 e. The molecule has 0 bridgehead atoms. The Kier molecular flexibility index (Phi) is 6.58. The number of carbonyl (C=O) groups is 1. The van der Waals surface area contributed by atoms with Crippen LogP contribution >= 0.6 is 35.5 Å². The third-order valence-electron chi connectivity index (χ3n) is 2.89. The van der Waals surface area contributed by atoms with E-state index in [1.807, 2.05) is 41.1 Å². The molecule has 0 radical (unpaired) electrons. The molecule has 0 saturated heterocycles. The summed E-state index contributed by atoms with van der Waals surface area (Å²) in [6.45, 7) is 0. The second-order valence-corrected chi connectivity index (χ2v) is 6.18. The first-order chi connectivity index (χ1) is 10.8. The molecule has 3 rings (SSSR count). The number of hydrogen-bond donors (Lipinski definition) is 1. The van der Waals surface area contributed by atoms with Gasteiger partial charge < -0.3 is 5.32 Å². The van der Waals surface area contributed by atoms with Gasteiger partial charge in [-0.15, -0.1) is 12.4 Å². The molecule has 3 heterocycles. The van der Waals surface area contributed by atoms with Crippen molar-refractivity contribution in [3.63, 3.8) is 0 Å². The maximum absolute atomic E-state index is 12.1. The summed E-state index contributed by atoms with van der Waals surface area (Å²) in [5.74, 6) is 0.591. The highest BCUT2D eigenvalue weighted by Crippen LogP contribution is 2.27. The molecule has 0 unspecified atom stereocenters. The molecule has 0 saturated carbocycles. The van der Waals surface area contributed by atoms with Crippen LogP contribution in [-0.4, -0.2) is 15.9 Å². The maximum atomic E-state index is 12.1. The topological polar surface area (TPSA) is 54.9 Å². The Morgan fingerprint density at radius 3 is 2.74 bits per heavy atom. The number of nitrogens with one attached hydrogen (secondary N) is 1. The van der Waals surface area contributed by atoms with E-state index in [1.54, 1.807) is 30.2 Å². The van der Waals surface area contributed by atoms with Gasteiger partial charge in [0.05, 0.1) is 16.9 Å². The lowest BCUT2D eigenvalue weighted by Crippen LogP contribution is -2.11. The highest BCUT2D eigenvalue weighted by atomic mass is 35.5. The quantitative estimate of drug-likeness (QED) is 0.678. The number of thioether (sulfide) groups is 1. The number of hydrogen-bond acceptors (Lipinski definition) is 5. The van der Waals surface area contributed by atoms with Crippen LogP contribution in [0, 0.1) is 0 Å². The fourth-order valence-corrected chi connectivity index (χ4v) is 3.32. The molecule has 0 aliphatic heterocycles. The SMILES string of the molecule is Cl.O=C(Nc1cccnc1SCc1ccccn1)c1ccsc1. The van der Waals surface area contributed by atoms with Gasteiger partial charge in [0.1, 0.15) is 5.03 Å². The highest BCUT2D eigenvalue weighted by Gasteiger charge is 2.10. The Hall–Kier alpha value is -1.89. The second kappa shape index (κ2) is 8.67. The minimum Gasteiger partial charge on any atom is -0.320 e. The molecule has 1 amide bonds.